The fraction of sp³-hybridized carbons (Fsp3) is 0.214. The molecule has 4 amide bonds. The first-order valence-corrected chi connectivity index (χ1v) is 11.9. The van der Waals surface area contributed by atoms with Crippen molar-refractivity contribution < 1.29 is 23.9 Å². The standard InChI is InChI=1S/C28H30N4O5/c1-4-37-27(35)23-15-8-9-16-24(23)32(20(3)26(34)30-21-12-6-5-7-13-21)25(33)18-29-28(36)31-22-14-10-11-19(2)17-22/h5-17,20H,4,18H2,1-3H3,(H,30,34)(H2,29,31,36). The molecule has 0 aliphatic heterocycles. The Morgan fingerprint density at radius 2 is 1.54 bits per heavy atom. The molecular weight excluding hydrogens is 472 g/mol. The van der Waals surface area contributed by atoms with Gasteiger partial charge in [0.15, 0.2) is 0 Å². The summed E-state index contributed by atoms with van der Waals surface area (Å²) in [5.74, 6) is -1.69. The van der Waals surface area contributed by atoms with Crippen LogP contribution in [0.5, 0.6) is 0 Å². The molecule has 3 N–H and O–H groups in total. The number of rotatable bonds is 9. The van der Waals surface area contributed by atoms with Crippen molar-refractivity contribution in [3.05, 3.63) is 90.0 Å². The molecule has 0 aliphatic carbocycles. The molecule has 0 fully saturated rings. The lowest BCUT2D eigenvalue weighted by Gasteiger charge is -2.30. The predicted molar refractivity (Wildman–Crippen MR) is 143 cm³/mol. The number of aryl methyl sites for hydroxylation is 1. The minimum atomic E-state index is -1.02. The summed E-state index contributed by atoms with van der Waals surface area (Å²) in [6.07, 6.45) is 0. The molecule has 37 heavy (non-hydrogen) atoms. The zero-order chi connectivity index (χ0) is 26.8. The number of carbonyl (C=O) groups excluding carboxylic acids is 4. The summed E-state index contributed by atoms with van der Waals surface area (Å²) < 4.78 is 5.15. The first-order valence-electron chi connectivity index (χ1n) is 11.9. The predicted octanol–water partition coefficient (Wildman–Crippen LogP) is 4.35. The second-order valence-electron chi connectivity index (χ2n) is 8.21. The first kappa shape index (κ1) is 26.9. The molecule has 0 bridgehead atoms. The SMILES string of the molecule is CCOC(=O)c1ccccc1N(C(=O)CNC(=O)Nc1cccc(C)c1)C(C)C(=O)Nc1ccccc1. The summed E-state index contributed by atoms with van der Waals surface area (Å²) in [5.41, 5.74) is 2.42. The fourth-order valence-corrected chi connectivity index (χ4v) is 3.65. The molecule has 3 rings (SSSR count). The summed E-state index contributed by atoms with van der Waals surface area (Å²) in [5, 5.41) is 7.98. The van der Waals surface area contributed by atoms with Gasteiger partial charge < -0.3 is 20.7 Å². The summed E-state index contributed by atoms with van der Waals surface area (Å²) in [6, 6.07) is 20.8. The van der Waals surface area contributed by atoms with Crippen LogP contribution in [-0.2, 0) is 14.3 Å². The maximum Gasteiger partial charge on any atom is 0.340 e. The van der Waals surface area contributed by atoms with Crippen LogP contribution in [0.1, 0.15) is 29.8 Å². The van der Waals surface area contributed by atoms with Gasteiger partial charge in [0.25, 0.3) is 0 Å². The second-order valence-corrected chi connectivity index (χ2v) is 8.21. The lowest BCUT2D eigenvalue weighted by Crippen LogP contribution is -2.50. The van der Waals surface area contributed by atoms with E-state index in [4.69, 9.17) is 4.74 Å². The third-order valence-electron chi connectivity index (χ3n) is 5.41. The van der Waals surface area contributed by atoms with Gasteiger partial charge in [0.2, 0.25) is 11.8 Å². The van der Waals surface area contributed by atoms with E-state index in [0.29, 0.717) is 11.4 Å². The van der Waals surface area contributed by atoms with Crippen LogP contribution in [0.4, 0.5) is 21.9 Å². The van der Waals surface area contributed by atoms with E-state index < -0.39 is 36.4 Å². The molecular formula is C28H30N4O5. The number of anilines is 3. The van der Waals surface area contributed by atoms with Gasteiger partial charge in [-0.25, -0.2) is 9.59 Å². The molecule has 3 aromatic rings. The Hall–Kier alpha value is -4.66. The van der Waals surface area contributed by atoms with E-state index in [0.717, 1.165) is 5.56 Å². The summed E-state index contributed by atoms with van der Waals surface area (Å²) in [4.78, 5) is 52.8. The lowest BCUT2D eigenvalue weighted by atomic mass is 10.1. The Kier molecular flexibility index (Phi) is 9.37. The molecule has 0 aliphatic rings. The number of hydrogen-bond acceptors (Lipinski definition) is 5. The average molecular weight is 503 g/mol. The molecule has 0 aromatic heterocycles. The highest BCUT2D eigenvalue weighted by Gasteiger charge is 2.31. The van der Waals surface area contributed by atoms with Crippen molar-refractivity contribution in [2.75, 3.05) is 28.7 Å². The molecule has 0 saturated heterocycles. The highest BCUT2D eigenvalue weighted by Crippen LogP contribution is 2.25. The molecule has 0 radical (unpaired) electrons. The van der Waals surface area contributed by atoms with Crippen LogP contribution in [0.3, 0.4) is 0 Å². The van der Waals surface area contributed by atoms with E-state index in [1.54, 1.807) is 74.5 Å². The van der Waals surface area contributed by atoms with Crippen molar-refractivity contribution in [3.63, 3.8) is 0 Å². The van der Waals surface area contributed by atoms with E-state index in [1.165, 1.54) is 11.0 Å². The Balaban J connectivity index is 1.84. The van der Waals surface area contributed by atoms with E-state index >= 15 is 0 Å². The number of nitrogens with one attached hydrogen (secondary N) is 3. The van der Waals surface area contributed by atoms with Crippen LogP contribution in [0, 0.1) is 6.92 Å². The van der Waals surface area contributed by atoms with Crippen LogP contribution < -0.4 is 20.9 Å². The number of carbonyl (C=O) groups is 4. The van der Waals surface area contributed by atoms with Crippen molar-refractivity contribution in [3.8, 4) is 0 Å². The van der Waals surface area contributed by atoms with Gasteiger partial charge in [0.1, 0.15) is 6.04 Å². The maximum absolute atomic E-state index is 13.4. The number of urea groups is 1. The summed E-state index contributed by atoms with van der Waals surface area (Å²) in [7, 11) is 0. The zero-order valence-electron chi connectivity index (χ0n) is 21.0. The van der Waals surface area contributed by atoms with Gasteiger partial charge in [0, 0.05) is 11.4 Å². The molecule has 1 unspecified atom stereocenters. The Morgan fingerprint density at radius 1 is 0.865 bits per heavy atom. The number of para-hydroxylation sites is 2. The molecule has 0 spiro atoms. The van der Waals surface area contributed by atoms with E-state index in [1.807, 2.05) is 19.1 Å². The van der Waals surface area contributed by atoms with E-state index in [2.05, 4.69) is 16.0 Å². The van der Waals surface area contributed by atoms with Gasteiger partial charge in [-0.15, -0.1) is 0 Å². The summed E-state index contributed by atoms with van der Waals surface area (Å²) in [6.45, 7) is 4.85. The first-order chi connectivity index (χ1) is 17.8. The van der Waals surface area contributed by atoms with Gasteiger partial charge in [-0.3, -0.25) is 14.5 Å². The molecule has 3 aromatic carbocycles. The minimum absolute atomic E-state index is 0.126. The van der Waals surface area contributed by atoms with E-state index in [9.17, 15) is 19.2 Å². The minimum Gasteiger partial charge on any atom is -0.462 e. The Labute approximate surface area is 215 Å². The highest BCUT2D eigenvalue weighted by molar-refractivity contribution is 6.09. The summed E-state index contributed by atoms with van der Waals surface area (Å²) >= 11 is 0. The highest BCUT2D eigenvalue weighted by atomic mass is 16.5. The smallest absolute Gasteiger partial charge is 0.340 e. The number of hydrogen-bond donors (Lipinski definition) is 3. The van der Waals surface area contributed by atoms with Crippen LogP contribution in [0.2, 0.25) is 0 Å². The molecule has 0 heterocycles. The van der Waals surface area contributed by atoms with Crippen molar-refractivity contribution in [1.82, 2.24) is 5.32 Å². The Bertz CT molecular complexity index is 1260. The van der Waals surface area contributed by atoms with Crippen molar-refractivity contribution in [1.29, 1.82) is 0 Å². The van der Waals surface area contributed by atoms with Crippen LogP contribution in [0.15, 0.2) is 78.9 Å². The number of benzene rings is 3. The van der Waals surface area contributed by atoms with Crippen LogP contribution >= 0.6 is 0 Å². The molecule has 0 saturated carbocycles. The second kappa shape index (κ2) is 12.9. The number of nitrogens with zero attached hydrogens (tertiary/aromatic N) is 1. The number of ether oxygens (including phenoxy) is 1. The van der Waals surface area contributed by atoms with Gasteiger partial charge in [-0.05, 0) is 62.7 Å². The van der Waals surface area contributed by atoms with Crippen molar-refractivity contribution in [2.24, 2.45) is 0 Å². The molecule has 1 atom stereocenters. The van der Waals surface area contributed by atoms with Crippen molar-refractivity contribution in [2.45, 2.75) is 26.8 Å². The van der Waals surface area contributed by atoms with E-state index in [-0.39, 0.29) is 17.9 Å². The normalized spacial score (nSPS) is 11.1. The largest absolute Gasteiger partial charge is 0.462 e. The monoisotopic (exact) mass is 502 g/mol. The number of esters is 1. The molecule has 192 valence electrons. The Morgan fingerprint density at radius 3 is 2.24 bits per heavy atom. The van der Waals surface area contributed by atoms with Gasteiger partial charge >= 0.3 is 12.0 Å². The molecule has 9 heteroatoms. The quantitative estimate of drug-likeness (QED) is 0.376. The average Bonchev–Trinajstić information content (AvgIpc) is 2.88. The third kappa shape index (κ3) is 7.41. The zero-order valence-corrected chi connectivity index (χ0v) is 21.0. The van der Waals surface area contributed by atoms with Crippen LogP contribution in [0.25, 0.3) is 0 Å². The lowest BCUT2D eigenvalue weighted by molar-refractivity contribution is -0.122. The van der Waals surface area contributed by atoms with Crippen LogP contribution in [-0.4, -0.2) is 43.0 Å². The van der Waals surface area contributed by atoms with Gasteiger partial charge in [-0.2, -0.15) is 0 Å². The van der Waals surface area contributed by atoms with Gasteiger partial charge in [0.05, 0.1) is 24.4 Å². The van der Waals surface area contributed by atoms with Crippen molar-refractivity contribution >= 4 is 40.9 Å². The third-order valence-corrected chi connectivity index (χ3v) is 5.41. The molecule has 9 nitrogen and oxygen atoms in total. The fourth-order valence-electron chi connectivity index (χ4n) is 3.65. The maximum atomic E-state index is 13.4. The van der Waals surface area contributed by atoms with Gasteiger partial charge in [-0.1, -0.05) is 42.5 Å². The topological polar surface area (TPSA) is 117 Å². The number of amides is 4.